The van der Waals surface area contributed by atoms with Crippen LogP contribution in [-0.4, -0.2) is 38.7 Å². The van der Waals surface area contributed by atoms with Crippen LogP contribution in [-0.2, 0) is 13.1 Å². The second-order valence-electron chi connectivity index (χ2n) is 7.85. The van der Waals surface area contributed by atoms with Crippen LogP contribution in [0.4, 0.5) is 0 Å². The number of nitrogens with zero attached hydrogens (tertiary/aromatic N) is 3. The number of aromatic nitrogens is 2. The van der Waals surface area contributed by atoms with E-state index in [4.69, 9.17) is 4.74 Å². The summed E-state index contributed by atoms with van der Waals surface area (Å²) < 4.78 is 6.94. The van der Waals surface area contributed by atoms with Gasteiger partial charge >= 0.3 is 0 Å². The molecule has 1 aliphatic rings. The second kappa shape index (κ2) is 8.42. The van der Waals surface area contributed by atoms with Gasteiger partial charge in [-0.05, 0) is 42.0 Å². The van der Waals surface area contributed by atoms with Crippen LogP contribution in [0.15, 0.2) is 69.9 Å². The van der Waals surface area contributed by atoms with Crippen molar-refractivity contribution in [3.63, 3.8) is 0 Å². The average Bonchev–Trinajstić information content (AvgIpc) is 3.07. The van der Waals surface area contributed by atoms with Gasteiger partial charge in [-0.2, -0.15) is 5.10 Å². The maximum atomic E-state index is 13.2. The summed E-state index contributed by atoms with van der Waals surface area (Å²) in [4.78, 5) is 40.2. The van der Waals surface area contributed by atoms with Gasteiger partial charge in [0.05, 0.1) is 42.4 Å². The molecule has 5 rings (SSSR count). The van der Waals surface area contributed by atoms with Crippen molar-refractivity contribution in [1.29, 1.82) is 0 Å². The lowest BCUT2D eigenvalue weighted by Crippen LogP contribution is -2.32. The van der Waals surface area contributed by atoms with Crippen LogP contribution in [0.1, 0.15) is 32.0 Å². The van der Waals surface area contributed by atoms with E-state index in [2.05, 4.69) is 21.0 Å². The van der Waals surface area contributed by atoms with Crippen molar-refractivity contribution in [2.75, 3.05) is 7.11 Å². The largest absolute Gasteiger partial charge is 0.507 e. The number of amides is 2. The summed E-state index contributed by atoms with van der Waals surface area (Å²) in [6, 6.07) is 16.8. The first kappa shape index (κ1) is 21.8. The Balaban J connectivity index is 1.62. The Morgan fingerprint density at radius 3 is 2.21 bits per heavy atom. The van der Waals surface area contributed by atoms with E-state index < -0.39 is 17.4 Å². The monoisotopic (exact) mass is 519 g/mol. The predicted octanol–water partition coefficient (Wildman–Crippen LogP) is 3.72. The maximum Gasteiger partial charge on any atom is 0.278 e. The molecule has 2 heterocycles. The van der Waals surface area contributed by atoms with Crippen molar-refractivity contribution < 1.29 is 19.4 Å². The van der Waals surface area contributed by atoms with E-state index in [1.165, 1.54) is 10.7 Å². The van der Waals surface area contributed by atoms with E-state index in [1.54, 1.807) is 49.6 Å². The maximum absolute atomic E-state index is 13.2. The average molecular weight is 520 g/mol. The Bertz CT molecular complexity index is 1490. The zero-order valence-electron chi connectivity index (χ0n) is 18.0. The van der Waals surface area contributed by atoms with Crippen LogP contribution in [0, 0.1) is 0 Å². The molecule has 8 nitrogen and oxygen atoms in total. The number of aromatic hydroxyl groups is 1. The van der Waals surface area contributed by atoms with Crippen molar-refractivity contribution in [2.24, 2.45) is 0 Å². The summed E-state index contributed by atoms with van der Waals surface area (Å²) in [7, 11) is 1.57. The third-order valence-corrected chi connectivity index (χ3v) is 6.22. The number of carbonyl (C=O) groups excluding carboxylic acids is 2. The number of methoxy groups -OCH3 is 1. The highest BCUT2D eigenvalue weighted by molar-refractivity contribution is 9.10. The number of carbonyl (C=O) groups is 2. The highest BCUT2D eigenvalue weighted by Crippen LogP contribution is 2.31. The number of phenols is 1. The molecule has 1 aromatic heterocycles. The number of halogens is 1. The van der Waals surface area contributed by atoms with Gasteiger partial charge < -0.3 is 9.84 Å². The molecule has 1 aliphatic heterocycles. The number of benzene rings is 3. The lowest BCUT2D eigenvalue weighted by atomic mass is 10.1. The Kier molecular flexibility index (Phi) is 5.41. The Hall–Kier alpha value is -3.98. The first-order valence-corrected chi connectivity index (χ1v) is 11.2. The molecule has 0 saturated heterocycles. The quantitative estimate of drug-likeness (QED) is 0.403. The smallest absolute Gasteiger partial charge is 0.278 e. The molecule has 4 aromatic rings. The minimum atomic E-state index is -0.484. The number of fused-ring (bicyclic) bond motifs is 2. The molecule has 1 N–H and O–H groups in total. The van der Waals surface area contributed by atoms with E-state index >= 15 is 0 Å². The molecule has 0 unspecified atom stereocenters. The molecule has 0 radical (unpaired) electrons. The number of hydrogen-bond donors (Lipinski definition) is 1. The molecule has 0 bridgehead atoms. The molecule has 0 spiro atoms. The molecule has 34 heavy (non-hydrogen) atoms. The molecule has 0 fully saturated rings. The first-order valence-electron chi connectivity index (χ1n) is 10.4. The van der Waals surface area contributed by atoms with E-state index in [0.717, 1.165) is 10.5 Å². The minimum absolute atomic E-state index is 0.0679. The van der Waals surface area contributed by atoms with Gasteiger partial charge in [0.2, 0.25) is 0 Å². The van der Waals surface area contributed by atoms with Crippen LogP contribution >= 0.6 is 15.9 Å². The van der Waals surface area contributed by atoms with Gasteiger partial charge in [0.25, 0.3) is 17.4 Å². The van der Waals surface area contributed by atoms with Gasteiger partial charge in [-0.3, -0.25) is 19.3 Å². The summed E-state index contributed by atoms with van der Waals surface area (Å²) in [5, 5.41) is 15.5. The molecule has 0 aliphatic carbocycles. The second-order valence-corrected chi connectivity index (χ2v) is 8.76. The summed E-state index contributed by atoms with van der Waals surface area (Å²) in [5.41, 5.74) is 1.27. The SMILES string of the molecule is COc1ccc(Cn2nc(CN3C(=O)c4ccccc4C3=O)c3cc(Br)cc(O)c3c2=O)cc1. The highest BCUT2D eigenvalue weighted by Gasteiger charge is 2.36. The van der Waals surface area contributed by atoms with E-state index in [1.807, 2.05) is 12.1 Å². The summed E-state index contributed by atoms with van der Waals surface area (Å²) >= 11 is 3.33. The van der Waals surface area contributed by atoms with Gasteiger partial charge in [-0.25, -0.2) is 4.68 Å². The van der Waals surface area contributed by atoms with Crippen molar-refractivity contribution in [2.45, 2.75) is 13.1 Å². The number of phenolic OH excluding ortho intramolecular Hbond substituents is 1. The van der Waals surface area contributed by atoms with E-state index in [0.29, 0.717) is 32.4 Å². The topological polar surface area (TPSA) is 102 Å². The zero-order chi connectivity index (χ0) is 24.0. The zero-order valence-corrected chi connectivity index (χ0v) is 19.6. The lowest BCUT2D eigenvalue weighted by molar-refractivity contribution is 0.0640. The number of imide groups is 1. The van der Waals surface area contributed by atoms with Crippen LogP contribution in [0.2, 0.25) is 0 Å². The molecule has 0 atom stereocenters. The van der Waals surface area contributed by atoms with Gasteiger partial charge in [0.1, 0.15) is 11.5 Å². The molecule has 170 valence electrons. The van der Waals surface area contributed by atoms with Crippen LogP contribution < -0.4 is 10.3 Å². The third kappa shape index (κ3) is 3.63. The fourth-order valence-electron chi connectivity index (χ4n) is 4.08. The molecular formula is C25H18BrN3O5. The first-order chi connectivity index (χ1) is 16.4. The van der Waals surface area contributed by atoms with Gasteiger partial charge in [0.15, 0.2) is 0 Å². The molecule has 2 amide bonds. The molecule has 0 saturated carbocycles. The Morgan fingerprint density at radius 1 is 0.941 bits per heavy atom. The molecular weight excluding hydrogens is 502 g/mol. The fraction of sp³-hybridized carbons (Fsp3) is 0.120. The van der Waals surface area contributed by atoms with Crippen molar-refractivity contribution in [3.05, 3.63) is 97.9 Å². The Labute approximate surface area is 202 Å². The summed E-state index contributed by atoms with van der Waals surface area (Å²) in [5.74, 6) is -0.398. The van der Waals surface area contributed by atoms with Gasteiger partial charge in [-0.15, -0.1) is 0 Å². The summed E-state index contributed by atoms with van der Waals surface area (Å²) in [6.07, 6.45) is 0. The minimum Gasteiger partial charge on any atom is -0.507 e. The van der Waals surface area contributed by atoms with Crippen LogP contribution in [0.5, 0.6) is 11.5 Å². The van der Waals surface area contributed by atoms with E-state index in [-0.39, 0.29) is 24.2 Å². The lowest BCUT2D eigenvalue weighted by Gasteiger charge is -2.17. The number of hydrogen-bond acceptors (Lipinski definition) is 6. The van der Waals surface area contributed by atoms with Gasteiger partial charge in [0, 0.05) is 9.86 Å². The molecule has 3 aromatic carbocycles. The van der Waals surface area contributed by atoms with Crippen LogP contribution in [0.3, 0.4) is 0 Å². The number of rotatable bonds is 5. The highest BCUT2D eigenvalue weighted by atomic mass is 79.9. The fourth-order valence-corrected chi connectivity index (χ4v) is 4.52. The normalized spacial score (nSPS) is 12.9. The third-order valence-electron chi connectivity index (χ3n) is 5.76. The van der Waals surface area contributed by atoms with Crippen molar-refractivity contribution in [1.82, 2.24) is 14.7 Å². The molecule has 9 heteroatoms. The van der Waals surface area contributed by atoms with E-state index in [9.17, 15) is 19.5 Å². The standard InChI is InChI=1S/C25H18BrN3O5/c1-34-16-8-6-14(7-9-16)12-29-25(33)22-19(10-15(26)11-21(22)30)20(27-29)13-28-23(31)17-4-2-3-5-18(17)24(28)32/h2-11,30H,12-13H2,1H3. The predicted molar refractivity (Wildman–Crippen MR) is 128 cm³/mol. The summed E-state index contributed by atoms with van der Waals surface area (Å²) in [6.45, 7) is -0.0228. The Morgan fingerprint density at radius 2 is 1.59 bits per heavy atom. The van der Waals surface area contributed by atoms with Gasteiger partial charge in [-0.1, -0.05) is 40.2 Å². The van der Waals surface area contributed by atoms with Crippen molar-refractivity contribution in [3.8, 4) is 11.5 Å². The van der Waals surface area contributed by atoms with Crippen molar-refractivity contribution >= 4 is 38.5 Å². The number of ether oxygens (including phenoxy) is 1. The van der Waals surface area contributed by atoms with Crippen LogP contribution in [0.25, 0.3) is 10.8 Å².